The SMILES string of the molecule is CC(C)(C)OC(=O)N(C(=O)OC(C)(C)C)C1=N[C@](C)(c2cc(N)ccc2F)[C@]2(C)CC[C@@]1(C)S2(=O)=O. The highest BCUT2D eigenvalue weighted by Gasteiger charge is 2.72. The molecule has 0 aromatic heterocycles. The lowest BCUT2D eigenvalue weighted by molar-refractivity contribution is 0.0139. The molecule has 0 radical (unpaired) electrons. The number of nitrogen functional groups attached to an aromatic ring is 1. The van der Waals surface area contributed by atoms with E-state index in [9.17, 15) is 18.0 Å². The number of benzene rings is 1. The lowest BCUT2D eigenvalue weighted by Crippen LogP contribution is -2.65. The van der Waals surface area contributed by atoms with E-state index in [0.717, 1.165) is 6.07 Å². The van der Waals surface area contributed by atoms with Crippen molar-refractivity contribution in [2.45, 2.75) is 101 Å². The first kappa shape index (κ1) is 27.9. The number of sulfone groups is 1. The first-order valence-electron chi connectivity index (χ1n) is 11.8. The Morgan fingerprint density at radius 3 is 1.97 bits per heavy atom. The van der Waals surface area contributed by atoms with Gasteiger partial charge in [0.1, 0.15) is 33.1 Å². The Hall–Kier alpha value is -2.69. The molecule has 2 N–H and O–H groups in total. The quantitative estimate of drug-likeness (QED) is 0.515. The molecule has 36 heavy (non-hydrogen) atoms. The number of ether oxygens (including phenoxy) is 2. The van der Waals surface area contributed by atoms with Gasteiger partial charge in [-0.25, -0.2) is 22.4 Å². The molecule has 3 atom stereocenters. The largest absolute Gasteiger partial charge is 0.443 e. The molecule has 2 heterocycles. The first-order valence-corrected chi connectivity index (χ1v) is 13.2. The average Bonchev–Trinajstić information content (AvgIpc) is 2.81. The van der Waals surface area contributed by atoms with Crippen LogP contribution in [0.15, 0.2) is 23.2 Å². The molecule has 0 unspecified atom stereocenters. The van der Waals surface area contributed by atoms with Crippen LogP contribution < -0.4 is 5.73 Å². The number of anilines is 1. The van der Waals surface area contributed by atoms with Gasteiger partial charge in [0.25, 0.3) is 0 Å². The van der Waals surface area contributed by atoms with Gasteiger partial charge in [-0.2, -0.15) is 4.90 Å². The fourth-order valence-electron chi connectivity index (χ4n) is 4.84. The lowest BCUT2D eigenvalue weighted by atomic mass is 9.78. The number of rotatable bonds is 1. The molecule has 2 amide bonds. The molecule has 2 aliphatic rings. The van der Waals surface area contributed by atoms with Gasteiger partial charge in [0.05, 0.1) is 4.75 Å². The van der Waals surface area contributed by atoms with Crippen molar-refractivity contribution < 1.29 is 31.9 Å². The molecular weight excluding hydrogens is 489 g/mol. The fraction of sp³-hybridized carbons (Fsp3) is 0.640. The van der Waals surface area contributed by atoms with Gasteiger partial charge in [-0.05, 0) is 93.4 Å². The van der Waals surface area contributed by atoms with Crippen LogP contribution in [-0.2, 0) is 24.8 Å². The van der Waals surface area contributed by atoms with E-state index in [0.29, 0.717) is 4.90 Å². The van der Waals surface area contributed by atoms with Crippen molar-refractivity contribution in [2.24, 2.45) is 4.99 Å². The zero-order valence-electron chi connectivity index (χ0n) is 22.4. The molecule has 0 saturated carbocycles. The molecule has 9 nitrogen and oxygen atoms in total. The van der Waals surface area contributed by atoms with Crippen molar-refractivity contribution in [1.82, 2.24) is 4.90 Å². The number of amidine groups is 1. The third kappa shape index (κ3) is 4.14. The third-order valence-electron chi connectivity index (χ3n) is 6.98. The highest BCUT2D eigenvalue weighted by molar-refractivity contribution is 7.95. The van der Waals surface area contributed by atoms with E-state index in [4.69, 9.17) is 20.2 Å². The Bertz CT molecular complexity index is 1220. The summed E-state index contributed by atoms with van der Waals surface area (Å²) in [5, 5.41) is 0. The average molecular weight is 526 g/mol. The number of halogens is 1. The molecule has 200 valence electrons. The van der Waals surface area contributed by atoms with Gasteiger partial charge in [0.15, 0.2) is 9.84 Å². The van der Waals surface area contributed by atoms with E-state index < -0.39 is 54.1 Å². The molecule has 2 aliphatic heterocycles. The van der Waals surface area contributed by atoms with Crippen molar-refractivity contribution in [2.75, 3.05) is 5.73 Å². The Balaban J connectivity index is 2.38. The highest BCUT2D eigenvalue weighted by atomic mass is 32.2. The summed E-state index contributed by atoms with van der Waals surface area (Å²) < 4.78 is 51.2. The van der Waals surface area contributed by atoms with Crippen molar-refractivity contribution in [1.29, 1.82) is 0 Å². The molecular formula is C25H36FN3O6S. The molecule has 3 rings (SSSR count). The van der Waals surface area contributed by atoms with Crippen LogP contribution in [0.2, 0.25) is 0 Å². The molecule has 0 aliphatic carbocycles. The summed E-state index contributed by atoms with van der Waals surface area (Å²) in [5.41, 5.74) is 2.35. The second-order valence-electron chi connectivity index (χ2n) is 12.0. The smallest absolute Gasteiger partial charge is 0.425 e. The third-order valence-corrected chi connectivity index (χ3v) is 10.3. The summed E-state index contributed by atoms with van der Waals surface area (Å²) in [7, 11) is -4.16. The van der Waals surface area contributed by atoms with E-state index in [1.807, 2.05) is 0 Å². The monoisotopic (exact) mass is 525 g/mol. The van der Waals surface area contributed by atoms with Gasteiger partial charge in [-0.15, -0.1) is 0 Å². The maximum Gasteiger partial charge on any atom is 0.425 e. The lowest BCUT2D eigenvalue weighted by Gasteiger charge is -2.48. The van der Waals surface area contributed by atoms with E-state index in [1.165, 1.54) is 32.9 Å². The number of nitrogens with zero attached hydrogens (tertiary/aromatic N) is 2. The summed E-state index contributed by atoms with van der Waals surface area (Å²) in [6.45, 7) is 14.1. The predicted octanol–water partition coefficient (Wildman–Crippen LogP) is 4.93. The predicted molar refractivity (Wildman–Crippen MR) is 135 cm³/mol. The summed E-state index contributed by atoms with van der Waals surface area (Å²) in [6.07, 6.45) is -2.12. The van der Waals surface area contributed by atoms with Crippen molar-refractivity contribution >= 4 is 33.5 Å². The van der Waals surface area contributed by atoms with Gasteiger partial charge < -0.3 is 15.2 Å². The van der Waals surface area contributed by atoms with Crippen LogP contribution in [0.3, 0.4) is 0 Å². The van der Waals surface area contributed by atoms with Crippen LogP contribution in [0.25, 0.3) is 0 Å². The molecule has 11 heteroatoms. The topological polar surface area (TPSA) is 128 Å². The molecule has 1 aromatic rings. The van der Waals surface area contributed by atoms with Gasteiger partial charge in [0, 0.05) is 11.3 Å². The number of hydrogen-bond acceptors (Lipinski definition) is 8. The minimum Gasteiger partial charge on any atom is -0.443 e. The van der Waals surface area contributed by atoms with Gasteiger partial charge in [-0.3, -0.25) is 4.99 Å². The van der Waals surface area contributed by atoms with Gasteiger partial charge in [0.2, 0.25) is 0 Å². The number of amides is 2. The Morgan fingerprint density at radius 2 is 1.50 bits per heavy atom. The highest BCUT2D eigenvalue weighted by Crippen LogP contribution is 2.59. The van der Waals surface area contributed by atoms with E-state index in [1.54, 1.807) is 41.5 Å². The normalized spacial score (nSPS) is 29.3. The second kappa shape index (κ2) is 8.16. The second-order valence-corrected chi connectivity index (χ2v) is 14.8. The standard InChI is InChI=1S/C25H36FN3O6S/c1-21(2,3)34-19(30)29(20(31)35-22(4,5)6)18-23(7)12-13-24(8,36(23,32)33)25(9,28-18)16-14-15(27)10-11-17(16)26/h10-11,14H,12-13,27H2,1-9H3/t23-,24+,25-/m1/s1. The van der Waals surface area contributed by atoms with E-state index >= 15 is 4.39 Å². The molecule has 1 aromatic carbocycles. The summed E-state index contributed by atoms with van der Waals surface area (Å²) in [4.78, 5) is 32.1. The van der Waals surface area contributed by atoms with Crippen molar-refractivity contribution in [3.8, 4) is 0 Å². The summed E-state index contributed by atoms with van der Waals surface area (Å²) in [5.74, 6) is -1.08. The first-order chi connectivity index (χ1) is 16.1. The zero-order chi connectivity index (χ0) is 27.7. The number of fused-ring (bicyclic) bond motifs is 2. The number of carbonyl (C=O) groups excluding carboxylic acids is 2. The fourth-order valence-corrected chi connectivity index (χ4v) is 7.63. The molecule has 2 bridgehead atoms. The maximum absolute atomic E-state index is 15.2. The molecule has 1 saturated heterocycles. The number of carbonyl (C=O) groups is 2. The van der Waals surface area contributed by atoms with Crippen LogP contribution in [0.1, 0.15) is 80.7 Å². The molecule has 1 fully saturated rings. The van der Waals surface area contributed by atoms with Crippen LogP contribution >= 0.6 is 0 Å². The van der Waals surface area contributed by atoms with Crippen LogP contribution in [0.5, 0.6) is 0 Å². The van der Waals surface area contributed by atoms with E-state index in [-0.39, 0.29) is 29.9 Å². The molecule has 0 spiro atoms. The van der Waals surface area contributed by atoms with Crippen molar-refractivity contribution in [3.63, 3.8) is 0 Å². The number of nitrogens with two attached hydrogens (primary N) is 1. The van der Waals surface area contributed by atoms with Gasteiger partial charge >= 0.3 is 12.2 Å². The van der Waals surface area contributed by atoms with Crippen molar-refractivity contribution in [3.05, 3.63) is 29.6 Å². The van der Waals surface area contributed by atoms with Crippen LogP contribution in [-0.4, -0.2) is 52.0 Å². The summed E-state index contributed by atoms with van der Waals surface area (Å²) in [6, 6.07) is 3.84. The minimum absolute atomic E-state index is 0.0479. The van der Waals surface area contributed by atoms with Crippen LogP contribution in [0, 0.1) is 5.82 Å². The maximum atomic E-state index is 15.2. The Kier molecular flexibility index (Phi) is 6.32. The number of aliphatic imine (C=N–C) groups is 1. The number of imide groups is 1. The van der Waals surface area contributed by atoms with Gasteiger partial charge in [-0.1, -0.05) is 0 Å². The Morgan fingerprint density at radius 1 is 1.00 bits per heavy atom. The number of hydrogen-bond donors (Lipinski definition) is 1. The van der Waals surface area contributed by atoms with Crippen LogP contribution in [0.4, 0.5) is 19.7 Å². The minimum atomic E-state index is -4.16. The zero-order valence-corrected chi connectivity index (χ0v) is 23.2. The summed E-state index contributed by atoms with van der Waals surface area (Å²) >= 11 is 0. The Labute approximate surface area is 212 Å². The van der Waals surface area contributed by atoms with E-state index in [2.05, 4.69) is 0 Å².